The Labute approximate surface area is 128 Å². The summed E-state index contributed by atoms with van der Waals surface area (Å²) in [5.74, 6) is -0.0434. The van der Waals surface area contributed by atoms with Gasteiger partial charge in [0.2, 0.25) is 5.91 Å². The van der Waals surface area contributed by atoms with Crippen molar-refractivity contribution in [2.24, 2.45) is 0 Å². The third-order valence-electron chi connectivity index (χ3n) is 3.12. The molecule has 106 valence electrons. The van der Waals surface area contributed by atoms with Gasteiger partial charge in [-0.05, 0) is 43.6 Å². The summed E-state index contributed by atoms with van der Waals surface area (Å²) in [6.45, 7) is 2.43. The summed E-state index contributed by atoms with van der Waals surface area (Å²) in [6.07, 6.45) is 0. The van der Waals surface area contributed by atoms with E-state index in [4.69, 9.17) is 11.6 Å². The van der Waals surface area contributed by atoms with Crippen molar-refractivity contribution in [3.8, 4) is 0 Å². The highest BCUT2D eigenvalue weighted by Gasteiger charge is 2.15. The minimum atomic E-state index is -0.0434. The van der Waals surface area contributed by atoms with Crippen molar-refractivity contribution in [2.45, 2.75) is 13.0 Å². The highest BCUT2D eigenvalue weighted by molar-refractivity contribution is 7.10. The van der Waals surface area contributed by atoms with E-state index in [2.05, 4.69) is 18.3 Å². The predicted molar refractivity (Wildman–Crippen MR) is 85.4 cm³/mol. The second-order valence-corrected chi connectivity index (χ2v) is 6.08. The molecule has 1 unspecified atom stereocenters. The Balaban J connectivity index is 1.91. The number of nitrogens with one attached hydrogen (secondary N) is 1. The normalized spacial score (nSPS) is 12.4. The number of anilines is 1. The third kappa shape index (κ3) is 4.07. The van der Waals surface area contributed by atoms with E-state index in [1.54, 1.807) is 23.5 Å². The van der Waals surface area contributed by atoms with Gasteiger partial charge in [-0.1, -0.05) is 23.7 Å². The summed E-state index contributed by atoms with van der Waals surface area (Å²) in [5, 5.41) is 5.51. The molecule has 1 aromatic carbocycles. The number of carbonyl (C=O) groups is 1. The monoisotopic (exact) mass is 308 g/mol. The predicted octanol–water partition coefficient (Wildman–Crippen LogP) is 4.03. The number of rotatable bonds is 5. The molecule has 0 radical (unpaired) electrons. The molecule has 0 spiro atoms. The Morgan fingerprint density at radius 3 is 2.85 bits per heavy atom. The zero-order valence-electron chi connectivity index (χ0n) is 11.5. The van der Waals surface area contributed by atoms with Gasteiger partial charge < -0.3 is 5.32 Å². The zero-order valence-corrected chi connectivity index (χ0v) is 13.0. The third-order valence-corrected chi connectivity index (χ3v) is 4.40. The van der Waals surface area contributed by atoms with Crippen molar-refractivity contribution in [3.63, 3.8) is 0 Å². The number of halogens is 1. The van der Waals surface area contributed by atoms with Gasteiger partial charge in [0.1, 0.15) is 0 Å². The van der Waals surface area contributed by atoms with Gasteiger partial charge in [0.15, 0.2) is 0 Å². The lowest BCUT2D eigenvalue weighted by atomic mass is 10.2. The van der Waals surface area contributed by atoms with Crippen molar-refractivity contribution in [2.75, 3.05) is 18.9 Å². The van der Waals surface area contributed by atoms with E-state index in [-0.39, 0.29) is 11.9 Å². The number of likely N-dealkylation sites (N-methyl/N-ethyl adjacent to an activating group) is 1. The molecule has 2 rings (SSSR count). The second kappa shape index (κ2) is 6.88. The average Bonchev–Trinajstić information content (AvgIpc) is 2.91. The molecule has 0 saturated carbocycles. The van der Waals surface area contributed by atoms with E-state index < -0.39 is 0 Å². The standard InChI is InChI=1S/C15H17ClN2OS/c1-11(14-7-4-8-20-14)18(2)10-15(19)17-13-6-3-5-12(16)9-13/h3-9,11H,10H2,1-2H3,(H,17,19). The van der Waals surface area contributed by atoms with Crippen LogP contribution in [0.4, 0.5) is 5.69 Å². The molecule has 3 nitrogen and oxygen atoms in total. The fourth-order valence-electron chi connectivity index (χ4n) is 1.88. The molecule has 5 heteroatoms. The molecule has 0 saturated heterocycles. The molecule has 1 aromatic heterocycles. The number of thiophene rings is 1. The lowest BCUT2D eigenvalue weighted by Crippen LogP contribution is -2.31. The molecule has 0 fully saturated rings. The first-order valence-electron chi connectivity index (χ1n) is 6.35. The van der Waals surface area contributed by atoms with Crippen LogP contribution in [0.5, 0.6) is 0 Å². The van der Waals surface area contributed by atoms with Crippen molar-refractivity contribution < 1.29 is 4.79 Å². The quantitative estimate of drug-likeness (QED) is 0.904. The minimum absolute atomic E-state index is 0.0434. The van der Waals surface area contributed by atoms with Crippen LogP contribution in [-0.2, 0) is 4.79 Å². The molecule has 1 amide bonds. The Hall–Kier alpha value is -1.36. The van der Waals surface area contributed by atoms with E-state index in [0.717, 1.165) is 5.69 Å². The number of carbonyl (C=O) groups excluding carboxylic acids is 1. The average molecular weight is 309 g/mol. The maximum Gasteiger partial charge on any atom is 0.238 e. The maximum absolute atomic E-state index is 12.0. The van der Waals surface area contributed by atoms with Gasteiger partial charge >= 0.3 is 0 Å². The molecule has 2 aromatic rings. The van der Waals surface area contributed by atoms with E-state index in [1.165, 1.54) is 4.88 Å². The first-order chi connectivity index (χ1) is 9.56. The lowest BCUT2D eigenvalue weighted by molar-refractivity contribution is -0.117. The summed E-state index contributed by atoms with van der Waals surface area (Å²) >= 11 is 7.59. The van der Waals surface area contributed by atoms with Gasteiger partial charge in [-0.3, -0.25) is 9.69 Å². The summed E-state index contributed by atoms with van der Waals surface area (Å²) in [5.41, 5.74) is 0.722. The number of amides is 1. The first-order valence-corrected chi connectivity index (χ1v) is 7.61. The van der Waals surface area contributed by atoms with E-state index in [9.17, 15) is 4.79 Å². The maximum atomic E-state index is 12.0. The van der Waals surface area contributed by atoms with Crippen LogP contribution in [0.25, 0.3) is 0 Å². The molecular weight excluding hydrogens is 292 g/mol. The molecular formula is C15H17ClN2OS. The number of hydrogen-bond donors (Lipinski definition) is 1. The Kier molecular flexibility index (Phi) is 5.17. The minimum Gasteiger partial charge on any atom is -0.325 e. The Morgan fingerprint density at radius 2 is 2.20 bits per heavy atom. The van der Waals surface area contributed by atoms with Crippen LogP contribution in [0.2, 0.25) is 5.02 Å². The van der Waals surface area contributed by atoms with Gasteiger partial charge in [0.05, 0.1) is 6.54 Å². The van der Waals surface area contributed by atoms with Crippen LogP contribution in [0.3, 0.4) is 0 Å². The lowest BCUT2D eigenvalue weighted by Gasteiger charge is -2.23. The molecule has 0 aliphatic carbocycles. The van der Waals surface area contributed by atoms with Gasteiger partial charge in [-0.25, -0.2) is 0 Å². The SMILES string of the molecule is CC(c1cccs1)N(C)CC(=O)Nc1cccc(Cl)c1. The van der Waals surface area contributed by atoms with Crippen LogP contribution < -0.4 is 5.32 Å². The topological polar surface area (TPSA) is 32.3 Å². The molecule has 0 aliphatic heterocycles. The van der Waals surface area contributed by atoms with Crippen molar-refractivity contribution in [1.29, 1.82) is 0 Å². The van der Waals surface area contributed by atoms with Gasteiger partial charge in [0, 0.05) is 21.6 Å². The van der Waals surface area contributed by atoms with Gasteiger partial charge in [0.25, 0.3) is 0 Å². The van der Waals surface area contributed by atoms with Crippen LogP contribution in [0.15, 0.2) is 41.8 Å². The molecule has 1 atom stereocenters. The molecule has 0 bridgehead atoms. The van der Waals surface area contributed by atoms with Crippen molar-refractivity contribution >= 4 is 34.5 Å². The number of hydrogen-bond acceptors (Lipinski definition) is 3. The van der Waals surface area contributed by atoms with Crippen LogP contribution >= 0.6 is 22.9 Å². The van der Waals surface area contributed by atoms with Crippen molar-refractivity contribution in [1.82, 2.24) is 4.90 Å². The number of nitrogens with zero attached hydrogens (tertiary/aromatic N) is 1. The van der Waals surface area contributed by atoms with Crippen molar-refractivity contribution in [3.05, 3.63) is 51.7 Å². The fourth-order valence-corrected chi connectivity index (χ4v) is 2.91. The number of benzene rings is 1. The zero-order chi connectivity index (χ0) is 14.5. The second-order valence-electron chi connectivity index (χ2n) is 4.67. The van der Waals surface area contributed by atoms with E-state index >= 15 is 0 Å². The highest BCUT2D eigenvalue weighted by Crippen LogP contribution is 2.23. The Bertz CT molecular complexity index is 571. The fraction of sp³-hybridized carbons (Fsp3) is 0.267. The van der Waals surface area contributed by atoms with E-state index in [1.807, 2.05) is 35.5 Å². The summed E-state index contributed by atoms with van der Waals surface area (Å²) in [4.78, 5) is 15.3. The largest absolute Gasteiger partial charge is 0.325 e. The Morgan fingerprint density at radius 1 is 1.40 bits per heavy atom. The molecule has 1 heterocycles. The summed E-state index contributed by atoms with van der Waals surface area (Å²) < 4.78 is 0. The van der Waals surface area contributed by atoms with E-state index in [0.29, 0.717) is 11.6 Å². The summed E-state index contributed by atoms with van der Waals surface area (Å²) in [7, 11) is 1.95. The van der Waals surface area contributed by atoms with Crippen LogP contribution in [-0.4, -0.2) is 24.4 Å². The van der Waals surface area contributed by atoms with Gasteiger partial charge in [-0.15, -0.1) is 11.3 Å². The highest BCUT2D eigenvalue weighted by atomic mass is 35.5. The van der Waals surface area contributed by atoms with Crippen LogP contribution in [0, 0.1) is 0 Å². The molecule has 1 N–H and O–H groups in total. The summed E-state index contributed by atoms with van der Waals surface area (Å²) in [6, 6.07) is 11.5. The molecule has 20 heavy (non-hydrogen) atoms. The smallest absolute Gasteiger partial charge is 0.238 e. The van der Waals surface area contributed by atoms with Crippen LogP contribution in [0.1, 0.15) is 17.8 Å². The first kappa shape index (κ1) is 15.0. The van der Waals surface area contributed by atoms with Gasteiger partial charge in [-0.2, -0.15) is 0 Å². The molecule has 0 aliphatic rings.